The number of anilines is 1. The zero-order chi connectivity index (χ0) is 16.8. The maximum Gasteiger partial charge on any atom is 0.223 e. The summed E-state index contributed by atoms with van der Waals surface area (Å²) in [4.78, 5) is 16.5. The van der Waals surface area contributed by atoms with Gasteiger partial charge in [0.05, 0.1) is 6.61 Å². The highest BCUT2D eigenvalue weighted by atomic mass is 16.5. The van der Waals surface area contributed by atoms with Crippen LogP contribution in [0.1, 0.15) is 17.5 Å². The molecule has 1 aliphatic heterocycles. The van der Waals surface area contributed by atoms with Gasteiger partial charge in [-0.15, -0.1) is 0 Å². The summed E-state index contributed by atoms with van der Waals surface area (Å²) in [7, 11) is 0. The maximum absolute atomic E-state index is 12.4. The lowest BCUT2D eigenvalue weighted by Crippen LogP contribution is -2.35. The topological polar surface area (TPSA) is 63.2 Å². The van der Waals surface area contributed by atoms with Crippen molar-refractivity contribution in [1.29, 1.82) is 0 Å². The lowest BCUT2D eigenvalue weighted by Gasteiger charge is -2.15. The molecule has 0 radical (unpaired) electrons. The summed E-state index contributed by atoms with van der Waals surface area (Å²) in [5.41, 5.74) is 3.26. The van der Waals surface area contributed by atoms with Crippen molar-refractivity contribution in [1.82, 2.24) is 10.3 Å². The van der Waals surface area contributed by atoms with Gasteiger partial charge in [0.15, 0.2) is 0 Å². The first-order valence-corrected chi connectivity index (χ1v) is 8.37. The molecule has 0 saturated carbocycles. The second-order valence-electron chi connectivity index (χ2n) is 6.05. The van der Waals surface area contributed by atoms with Gasteiger partial charge in [0, 0.05) is 37.1 Å². The monoisotopic (exact) mass is 325 g/mol. The molecule has 5 heteroatoms. The highest BCUT2D eigenvalue weighted by Gasteiger charge is 2.23. The molecule has 1 aromatic heterocycles. The van der Waals surface area contributed by atoms with Gasteiger partial charge >= 0.3 is 0 Å². The number of nitrogens with one attached hydrogen (secondary N) is 2. The third-order valence-corrected chi connectivity index (χ3v) is 4.29. The van der Waals surface area contributed by atoms with Gasteiger partial charge < -0.3 is 15.4 Å². The van der Waals surface area contributed by atoms with Gasteiger partial charge in [-0.25, -0.2) is 0 Å². The molecule has 5 nitrogen and oxygen atoms in total. The van der Waals surface area contributed by atoms with Crippen LogP contribution in [0.25, 0.3) is 0 Å². The van der Waals surface area contributed by atoms with Crippen molar-refractivity contribution in [2.75, 3.05) is 25.0 Å². The quantitative estimate of drug-likeness (QED) is 0.829. The van der Waals surface area contributed by atoms with Crippen LogP contribution in [-0.2, 0) is 11.2 Å². The van der Waals surface area contributed by atoms with E-state index in [2.05, 4.69) is 15.6 Å². The molecule has 0 unspecified atom stereocenters. The molecule has 1 aromatic carbocycles. The zero-order valence-corrected chi connectivity index (χ0v) is 13.9. The fourth-order valence-corrected chi connectivity index (χ4v) is 2.91. The van der Waals surface area contributed by atoms with E-state index in [-0.39, 0.29) is 11.8 Å². The number of aryl methyl sites for hydroxylation is 1. The molecule has 0 spiro atoms. The molecule has 24 heavy (non-hydrogen) atoms. The largest absolute Gasteiger partial charge is 0.493 e. The number of carbonyl (C=O) groups excluding carboxylic acids is 1. The van der Waals surface area contributed by atoms with Crippen molar-refractivity contribution < 1.29 is 9.53 Å². The van der Waals surface area contributed by atoms with Crippen LogP contribution in [0, 0.1) is 12.8 Å². The molecule has 1 atom stereocenters. The minimum absolute atomic E-state index is 0.0312. The van der Waals surface area contributed by atoms with Gasteiger partial charge in [0.1, 0.15) is 5.75 Å². The van der Waals surface area contributed by atoms with Crippen molar-refractivity contribution in [3.8, 4) is 5.75 Å². The molecular formula is C19H23N3O2. The first-order chi connectivity index (χ1) is 11.7. The Bertz CT molecular complexity index is 703. The van der Waals surface area contributed by atoms with Gasteiger partial charge in [0.2, 0.25) is 5.91 Å². The molecule has 1 aliphatic rings. The Labute approximate surface area is 142 Å². The number of carbonyl (C=O) groups is 1. The first kappa shape index (κ1) is 16.3. The third-order valence-electron chi connectivity index (χ3n) is 4.29. The second-order valence-corrected chi connectivity index (χ2v) is 6.05. The third kappa shape index (κ3) is 4.04. The Kier molecular flexibility index (Phi) is 5.31. The number of benzene rings is 1. The van der Waals surface area contributed by atoms with Crippen LogP contribution in [0.3, 0.4) is 0 Å². The minimum Gasteiger partial charge on any atom is -0.493 e. The summed E-state index contributed by atoms with van der Waals surface area (Å²) in [5.74, 6) is 0.975. The van der Waals surface area contributed by atoms with Crippen LogP contribution in [0.5, 0.6) is 5.75 Å². The predicted molar refractivity (Wildman–Crippen MR) is 94.2 cm³/mol. The van der Waals surface area contributed by atoms with Crippen molar-refractivity contribution >= 4 is 11.6 Å². The van der Waals surface area contributed by atoms with Crippen LogP contribution >= 0.6 is 0 Å². The Morgan fingerprint density at radius 1 is 1.29 bits per heavy atom. The van der Waals surface area contributed by atoms with E-state index in [0.29, 0.717) is 19.7 Å². The van der Waals surface area contributed by atoms with Crippen LogP contribution in [0.15, 0.2) is 42.7 Å². The number of pyridine rings is 1. The number of rotatable bonds is 5. The van der Waals surface area contributed by atoms with Crippen molar-refractivity contribution in [2.45, 2.75) is 19.8 Å². The smallest absolute Gasteiger partial charge is 0.223 e. The molecule has 0 saturated heterocycles. The lowest BCUT2D eigenvalue weighted by molar-refractivity contribution is -0.125. The molecule has 2 aromatic rings. The zero-order valence-electron chi connectivity index (χ0n) is 13.9. The van der Waals surface area contributed by atoms with Crippen molar-refractivity contribution in [3.05, 3.63) is 53.9 Å². The number of para-hydroxylation sites is 1. The van der Waals surface area contributed by atoms with Gasteiger partial charge in [-0.3, -0.25) is 9.78 Å². The normalized spacial score (nSPS) is 16.5. The second kappa shape index (κ2) is 7.81. The summed E-state index contributed by atoms with van der Waals surface area (Å²) in [6, 6.07) is 9.90. The molecular weight excluding hydrogens is 302 g/mol. The summed E-state index contributed by atoms with van der Waals surface area (Å²) >= 11 is 0. The molecule has 0 aliphatic carbocycles. The SMILES string of the molecule is Cc1cnccc1NCCNC(=O)[C@@H]1CCOc2ccccc2C1. The highest BCUT2D eigenvalue weighted by Crippen LogP contribution is 2.26. The number of aromatic nitrogens is 1. The van der Waals surface area contributed by atoms with E-state index in [1.165, 1.54) is 0 Å². The average molecular weight is 325 g/mol. The Balaban J connectivity index is 1.48. The standard InChI is InChI=1S/C19H23N3O2/c1-14-13-20-8-6-17(14)21-9-10-22-19(23)16-7-11-24-18-5-3-2-4-15(18)12-16/h2-6,8,13,16H,7,9-12H2,1H3,(H,20,21)(H,22,23)/t16-/m1/s1. The molecule has 0 fully saturated rings. The summed E-state index contributed by atoms with van der Waals surface area (Å²) in [5, 5.41) is 6.35. The Morgan fingerprint density at radius 3 is 3.04 bits per heavy atom. The highest BCUT2D eigenvalue weighted by molar-refractivity contribution is 5.79. The van der Waals surface area contributed by atoms with Crippen LogP contribution < -0.4 is 15.4 Å². The first-order valence-electron chi connectivity index (χ1n) is 8.37. The van der Waals surface area contributed by atoms with Crippen molar-refractivity contribution in [3.63, 3.8) is 0 Å². The van der Waals surface area contributed by atoms with E-state index < -0.39 is 0 Å². The minimum atomic E-state index is -0.0312. The summed E-state index contributed by atoms with van der Waals surface area (Å²) in [6.07, 6.45) is 5.07. The Morgan fingerprint density at radius 2 is 2.17 bits per heavy atom. The fourth-order valence-electron chi connectivity index (χ4n) is 2.91. The van der Waals surface area contributed by atoms with Crippen LogP contribution in [0.4, 0.5) is 5.69 Å². The van der Waals surface area contributed by atoms with E-state index in [1.54, 1.807) is 6.20 Å². The number of hydrogen-bond donors (Lipinski definition) is 2. The Hall–Kier alpha value is -2.56. The molecule has 126 valence electrons. The van der Waals surface area contributed by atoms with Gasteiger partial charge in [-0.05, 0) is 43.0 Å². The number of amides is 1. The van der Waals surface area contributed by atoms with Gasteiger partial charge in [-0.2, -0.15) is 0 Å². The lowest BCUT2D eigenvalue weighted by atomic mass is 9.96. The molecule has 2 N–H and O–H groups in total. The molecule has 0 bridgehead atoms. The predicted octanol–water partition coefficient (Wildman–Crippen LogP) is 2.56. The van der Waals surface area contributed by atoms with E-state index in [1.807, 2.05) is 43.5 Å². The number of fused-ring (bicyclic) bond motifs is 1. The van der Waals surface area contributed by atoms with Crippen molar-refractivity contribution in [2.24, 2.45) is 5.92 Å². The number of hydrogen-bond acceptors (Lipinski definition) is 4. The fraction of sp³-hybridized carbons (Fsp3) is 0.368. The number of ether oxygens (including phenoxy) is 1. The molecule has 2 heterocycles. The maximum atomic E-state index is 12.4. The van der Waals surface area contributed by atoms with Gasteiger partial charge in [0.25, 0.3) is 0 Å². The van der Waals surface area contributed by atoms with E-state index in [9.17, 15) is 4.79 Å². The van der Waals surface area contributed by atoms with Crippen LogP contribution in [0.2, 0.25) is 0 Å². The van der Waals surface area contributed by atoms with Gasteiger partial charge in [-0.1, -0.05) is 18.2 Å². The average Bonchev–Trinajstić information content (AvgIpc) is 2.82. The van der Waals surface area contributed by atoms with E-state index in [4.69, 9.17) is 4.74 Å². The van der Waals surface area contributed by atoms with E-state index in [0.717, 1.165) is 35.4 Å². The molecule has 3 rings (SSSR count). The molecule has 1 amide bonds. The van der Waals surface area contributed by atoms with E-state index >= 15 is 0 Å². The van der Waals surface area contributed by atoms with Crippen LogP contribution in [-0.4, -0.2) is 30.6 Å². The number of nitrogens with zero attached hydrogens (tertiary/aromatic N) is 1. The summed E-state index contributed by atoms with van der Waals surface area (Å²) < 4.78 is 5.73. The summed E-state index contributed by atoms with van der Waals surface area (Å²) in [6.45, 7) is 3.89.